The number of nitrogens with zero attached hydrogens (tertiary/aromatic N) is 1. The molecule has 154 valence electrons. The molecule has 1 saturated carbocycles. The summed E-state index contributed by atoms with van der Waals surface area (Å²) in [5.41, 5.74) is 0.624. The van der Waals surface area contributed by atoms with E-state index < -0.39 is 0 Å². The summed E-state index contributed by atoms with van der Waals surface area (Å²) in [4.78, 5) is 27.6. The van der Waals surface area contributed by atoms with E-state index in [4.69, 9.17) is 9.47 Å². The van der Waals surface area contributed by atoms with Gasteiger partial charge in [0.05, 0.1) is 14.2 Å². The number of hydrogen-bond donors (Lipinski definition) is 0. The van der Waals surface area contributed by atoms with Crippen molar-refractivity contribution in [1.82, 2.24) is 4.90 Å². The number of likely N-dealkylation sites (tertiary alicyclic amines) is 1. The van der Waals surface area contributed by atoms with Gasteiger partial charge in [-0.25, -0.2) is 0 Å². The Kier molecular flexibility index (Phi) is 7.35. The van der Waals surface area contributed by atoms with Gasteiger partial charge in [0.1, 0.15) is 0 Å². The summed E-state index contributed by atoms with van der Waals surface area (Å²) in [5.74, 6) is 2.06. The van der Waals surface area contributed by atoms with Crippen LogP contribution in [0.5, 0.6) is 11.5 Å². The third-order valence-electron chi connectivity index (χ3n) is 6.30. The molecule has 5 nitrogen and oxygen atoms in total. The van der Waals surface area contributed by atoms with Gasteiger partial charge >= 0.3 is 0 Å². The largest absolute Gasteiger partial charge is 0.493 e. The molecule has 1 aromatic carbocycles. The van der Waals surface area contributed by atoms with E-state index in [2.05, 4.69) is 0 Å². The minimum absolute atomic E-state index is 0.0886. The van der Waals surface area contributed by atoms with Crippen LogP contribution >= 0.6 is 0 Å². The molecule has 3 rings (SSSR count). The topological polar surface area (TPSA) is 55.8 Å². The summed E-state index contributed by atoms with van der Waals surface area (Å²) in [7, 11) is 3.15. The van der Waals surface area contributed by atoms with Gasteiger partial charge in [-0.15, -0.1) is 0 Å². The lowest BCUT2D eigenvalue weighted by atomic mass is 9.85. The van der Waals surface area contributed by atoms with Crippen molar-refractivity contribution in [1.29, 1.82) is 0 Å². The molecule has 2 fully saturated rings. The van der Waals surface area contributed by atoms with Crippen molar-refractivity contribution in [3.8, 4) is 11.5 Å². The zero-order chi connectivity index (χ0) is 19.9. The van der Waals surface area contributed by atoms with Crippen LogP contribution in [0.2, 0.25) is 0 Å². The van der Waals surface area contributed by atoms with E-state index in [1.807, 2.05) is 4.90 Å². The third-order valence-corrected chi connectivity index (χ3v) is 6.30. The van der Waals surface area contributed by atoms with E-state index in [0.717, 1.165) is 25.8 Å². The third kappa shape index (κ3) is 5.06. The lowest BCUT2D eigenvalue weighted by Gasteiger charge is -2.33. The molecule has 1 saturated heterocycles. The van der Waals surface area contributed by atoms with Gasteiger partial charge in [0.25, 0.3) is 0 Å². The molecule has 0 unspecified atom stereocenters. The van der Waals surface area contributed by atoms with Crippen molar-refractivity contribution >= 4 is 11.7 Å². The summed E-state index contributed by atoms with van der Waals surface area (Å²) in [5, 5.41) is 0. The van der Waals surface area contributed by atoms with Crippen molar-refractivity contribution in [3.05, 3.63) is 23.8 Å². The summed E-state index contributed by atoms with van der Waals surface area (Å²) < 4.78 is 10.6. The van der Waals surface area contributed by atoms with Gasteiger partial charge in [0.2, 0.25) is 5.91 Å². The fourth-order valence-corrected chi connectivity index (χ4v) is 4.60. The summed E-state index contributed by atoms with van der Waals surface area (Å²) in [6.07, 6.45) is 9.86. The predicted octanol–water partition coefficient (Wildman–Crippen LogP) is 4.49. The van der Waals surface area contributed by atoms with Crippen LogP contribution in [0.3, 0.4) is 0 Å². The molecule has 0 spiro atoms. The van der Waals surface area contributed by atoms with Gasteiger partial charge in [-0.05, 0) is 43.4 Å². The highest BCUT2D eigenvalue weighted by Gasteiger charge is 2.29. The molecule has 1 aliphatic heterocycles. The standard InChI is InChI=1S/C23H33NO4/c1-27-20-12-11-18(15-21(20)28-2)23(26)19-9-6-14-24(16-19)22(25)13-10-17-7-4-3-5-8-17/h11-12,15,17,19H,3-10,13-14,16H2,1-2H3/t19-/m0/s1. The molecule has 0 bridgehead atoms. The van der Waals surface area contributed by atoms with Crippen LogP contribution in [0.15, 0.2) is 18.2 Å². The second-order valence-corrected chi connectivity index (χ2v) is 8.16. The number of piperidine rings is 1. The van der Waals surface area contributed by atoms with Crippen LogP contribution in [-0.4, -0.2) is 43.9 Å². The van der Waals surface area contributed by atoms with Crippen molar-refractivity contribution in [2.75, 3.05) is 27.3 Å². The van der Waals surface area contributed by atoms with Crippen LogP contribution in [0.1, 0.15) is 68.1 Å². The monoisotopic (exact) mass is 387 g/mol. The molecular weight excluding hydrogens is 354 g/mol. The average Bonchev–Trinajstić information content (AvgIpc) is 2.77. The van der Waals surface area contributed by atoms with Gasteiger partial charge in [0, 0.05) is 31.0 Å². The van der Waals surface area contributed by atoms with Crippen molar-refractivity contribution in [2.24, 2.45) is 11.8 Å². The predicted molar refractivity (Wildman–Crippen MR) is 109 cm³/mol. The Labute approximate surface area is 168 Å². The zero-order valence-corrected chi connectivity index (χ0v) is 17.2. The van der Waals surface area contributed by atoms with E-state index in [1.165, 1.54) is 32.1 Å². The van der Waals surface area contributed by atoms with E-state index in [1.54, 1.807) is 32.4 Å². The molecular formula is C23H33NO4. The van der Waals surface area contributed by atoms with E-state index in [-0.39, 0.29) is 17.6 Å². The Hall–Kier alpha value is -2.04. The maximum atomic E-state index is 13.0. The molecule has 0 radical (unpaired) electrons. The molecule has 1 aliphatic carbocycles. The molecule has 1 amide bonds. The average molecular weight is 388 g/mol. The highest BCUT2D eigenvalue weighted by Crippen LogP contribution is 2.31. The van der Waals surface area contributed by atoms with E-state index in [9.17, 15) is 9.59 Å². The second-order valence-electron chi connectivity index (χ2n) is 8.16. The summed E-state index contributed by atoms with van der Waals surface area (Å²) in [6, 6.07) is 5.29. The number of methoxy groups -OCH3 is 2. The quantitative estimate of drug-likeness (QED) is 0.647. The first-order chi connectivity index (χ1) is 13.6. The molecule has 1 aromatic rings. The van der Waals surface area contributed by atoms with Crippen LogP contribution < -0.4 is 9.47 Å². The molecule has 2 aliphatic rings. The number of rotatable bonds is 7. The Morgan fingerprint density at radius 3 is 2.46 bits per heavy atom. The number of ether oxygens (including phenoxy) is 2. The number of Topliss-reactive ketones (excluding diaryl/α,β-unsaturated/α-hetero) is 1. The normalized spacial score (nSPS) is 20.6. The zero-order valence-electron chi connectivity index (χ0n) is 17.2. The molecule has 5 heteroatoms. The first-order valence-corrected chi connectivity index (χ1v) is 10.7. The number of carbonyl (C=O) groups excluding carboxylic acids is 2. The Morgan fingerprint density at radius 1 is 1.00 bits per heavy atom. The van der Waals surface area contributed by atoms with Gasteiger partial charge in [-0.2, -0.15) is 0 Å². The smallest absolute Gasteiger partial charge is 0.222 e. The summed E-state index contributed by atoms with van der Waals surface area (Å²) >= 11 is 0. The van der Waals surface area contributed by atoms with Crippen molar-refractivity contribution in [2.45, 2.75) is 57.8 Å². The lowest BCUT2D eigenvalue weighted by molar-refractivity contribution is -0.133. The fourth-order valence-electron chi connectivity index (χ4n) is 4.60. The lowest BCUT2D eigenvalue weighted by Crippen LogP contribution is -2.42. The number of amides is 1. The minimum atomic E-state index is -0.134. The summed E-state index contributed by atoms with van der Waals surface area (Å²) in [6.45, 7) is 1.32. The Balaban J connectivity index is 1.57. The number of ketones is 1. The first-order valence-electron chi connectivity index (χ1n) is 10.7. The van der Waals surface area contributed by atoms with Crippen LogP contribution in [0.25, 0.3) is 0 Å². The molecule has 0 N–H and O–H groups in total. The fraction of sp³-hybridized carbons (Fsp3) is 0.652. The number of benzene rings is 1. The second kappa shape index (κ2) is 9.94. The SMILES string of the molecule is COc1ccc(C(=O)[C@H]2CCCN(C(=O)CCC3CCCCC3)C2)cc1OC. The minimum Gasteiger partial charge on any atom is -0.493 e. The van der Waals surface area contributed by atoms with Crippen LogP contribution in [0.4, 0.5) is 0 Å². The van der Waals surface area contributed by atoms with Gasteiger partial charge in [0.15, 0.2) is 17.3 Å². The maximum absolute atomic E-state index is 13.0. The van der Waals surface area contributed by atoms with Crippen molar-refractivity contribution < 1.29 is 19.1 Å². The van der Waals surface area contributed by atoms with Gasteiger partial charge < -0.3 is 14.4 Å². The molecule has 0 aromatic heterocycles. The van der Waals surface area contributed by atoms with Crippen LogP contribution in [-0.2, 0) is 4.79 Å². The van der Waals surface area contributed by atoms with Crippen molar-refractivity contribution in [3.63, 3.8) is 0 Å². The number of carbonyl (C=O) groups is 2. The maximum Gasteiger partial charge on any atom is 0.222 e. The van der Waals surface area contributed by atoms with Gasteiger partial charge in [-0.1, -0.05) is 32.1 Å². The van der Waals surface area contributed by atoms with E-state index in [0.29, 0.717) is 35.9 Å². The molecule has 28 heavy (non-hydrogen) atoms. The number of hydrogen-bond acceptors (Lipinski definition) is 4. The highest BCUT2D eigenvalue weighted by molar-refractivity contribution is 5.99. The highest BCUT2D eigenvalue weighted by atomic mass is 16.5. The Morgan fingerprint density at radius 2 is 1.75 bits per heavy atom. The van der Waals surface area contributed by atoms with Crippen LogP contribution in [0, 0.1) is 11.8 Å². The van der Waals surface area contributed by atoms with E-state index >= 15 is 0 Å². The first kappa shape index (κ1) is 20.7. The molecule has 1 atom stereocenters. The van der Waals surface area contributed by atoms with Gasteiger partial charge in [-0.3, -0.25) is 9.59 Å². The molecule has 1 heterocycles. The Bertz CT molecular complexity index is 681.